The van der Waals surface area contributed by atoms with E-state index in [0.717, 1.165) is 42.7 Å². The largest absolute Gasteiger partial charge is 0.371 e. The second kappa shape index (κ2) is 8.44. The molecule has 2 N–H and O–H groups in total. The first-order valence-corrected chi connectivity index (χ1v) is 9.42. The van der Waals surface area contributed by atoms with Crippen molar-refractivity contribution in [1.29, 1.82) is 0 Å². The highest BCUT2D eigenvalue weighted by atomic mass is 32.1. The summed E-state index contributed by atoms with van der Waals surface area (Å²) >= 11 is 1.66. The molecule has 1 fully saturated rings. The quantitative estimate of drug-likeness (QED) is 0.620. The summed E-state index contributed by atoms with van der Waals surface area (Å²) in [4.78, 5) is 11.8. The van der Waals surface area contributed by atoms with Crippen LogP contribution in [0.5, 0.6) is 0 Å². The number of nitrogens with one attached hydrogen (secondary N) is 2. The Morgan fingerprint density at radius 2 is 2.19 bits per heavy atom. The number of thiazole rings is 1. The lowest BCUT2D eigenvalue weighted by molar-refractivity contribution is 0.508. The van der Waals surface area contributed by atoms with Crippen molar-refractivity contribution in [3.05, 3.63) is 45.9 Å². The maximum absolute atomic E-state index is 13.4. The van der Waals surface area contributed by atoms with E-state index in [2.05, 4.69) is 25.5 Å². The summed E-state index contributed by atoms with van der Waals surface area (Å²) in [6.45, 7) is 5.09. The Bertz CT molecular complexity index is 777. The third-order valence-corrected chi connectivity index (χ3v) is 5.32. The number of benzene rings is 1. The summed E-state index contributed by atoms with van der Waals surface area (Å²) in [5, 5.41) is 7.62. The molecule has 5 nitrogen and oxygen atoms in total. The third-order valence-electron chi connectivity index (χ3n) is 4.41. The lowest BCUT2D eigenvalue weighted by Crippen LogP contribution is -2.39. The first-order chi connectivity index (χ1) is 12.5. The maximum Gasteiger partial charge on any atom is 0.191 e. The second-order valence-electron chi connectivity index (χ2n) is 6.37. The molecule has 0 radical (unpaired) electrons. The average molecular weight is 379 g/mol. The number of hydrogen-bond donors (Lipinski definition) is 2. The van der Waals surface area contributed by atoms with Gasteiger partial charge in [-0.15, -0.1) is 11.3 Å². The highest BCUT2D eigenvalue weighted by Crippen LogP contribution is 2.25. The summed E-state index contributed by atoms with van der Waals surface area (Å²) in [6.07, 6.45) is 2.86. The van der Waals surface area contributed by atoms with Gasteiger partial charge in [0.2, 0.25) is 0 Å². The zero-order chi connectivity index (χ0) is 18.5. The molecule has 0 amide bonds. The predicted octanol–water partition coefficient (Wildman–Crippen LogP) is 2.92. The molecular formula is C18H23F2N5S. The SMILES string of the molecule is CN=C(NCc1ncc(C)s1)NCC1CCN(c2ccc(F)c(F)c2)C1. The van der Waals surface area contributed by atoms with Crippen LogP contribution in [0.2, 0.25) is 0 Å². The van der Waals surface area contributed by atoms with Gasteiger partial charge in [-0.25, -0.2) is 13.8 Å². The van der Waals surface area contributed by atoms with Crippen LogP contribution in [0.4, 0.5) is 14.5 Å². The van der Waals surface area contributed by atoms with Crippen LogP contribution in [0, 0.1) is 24.5 Å². The molecule has 26 heavy (non-hydrogen) atoms. The van der Waals surface area contributed by atoms with Crippen LogP contribution >= 0.6 is 11.3 Å². The molecule has 0 spiro atoms. The van der Waals surface area contributed by atoms with Crippen molar-refractivity contribution < 1.29 is 8.78 Å². The van der Waals surface area contributed by atoms with Crippen LogP contribution < -0.4 is 15.5 Å². The van der Waals surface area contributed by atoms with E-state index in [4.69, 9.17) is 0 Å². The van der Waals surface area contributed by atoms with Crippen molar-refractivity contribution in [2.45, 2.75) is 19.9 Å². The number of aliphatic imine (C=N–C) groups is 1. The summed E-state index contributed by atoms with van der Waals surface area (Å²) < 4.78 is 26.5. The molecule has 1 aromatic carbocycles. The third kappa shape index (κ3) is 4.69. The molecule has 140 valence electrons. The highest BCUT2D eigenvalue weighted by Gasteiger charge is 2.23. The van der Waals surface area contributed by atoms with Gasteiger partial charge >= 0.3 is 0 Å². The lowest BCUT2D eigenvalue weighted by atomic mass is 10.1. The van der Waals surface area contributed by atoms with Crippen LogP contribution in [0.25, 0.3) is 0 Å². The summed E-state index contributed by atoms with van der Waals surface area (Å²) in [5.41, 5.74) is 0.730. The maximum atomic E-state index is 13.4. The van der Waals surface area contributed by atoms with Gasteiger partial charge in [-0.05, 0) is 31.4 Å². The first kappa shape index (κ1) is 18.6. The van der Waals surface area contributed by atoms with E-state index in [-0.39, 0.29) is 0 Å². The Balaban J connectivity index is 1.46. The molecule has 1 unspecified atom stereocenters. The van der Waals surface area contributed by atoms with Crippen molar-refractivity contribution in [3.63, 3.8) is 0 Å². The fraction of sp³-hybridized carbons (Fsp3) is 0.444. The molecule has 8 heteroatoms. The van der Waals surface area contributed by atoms with Gasteiger partial charge in [0.05, 0.1) is 6.54 Å². The van der Waals surface area contributed by atoms with E-state index in [1.807, 2.05) is 13.1 Å². The van der Waals surface area contributed by atoms with Crippen molar-refractivity contribution in [3.8, 4) is 0 Å². The van der Waals surface area contributed by atoms with Crippen molar-refractivity contribution in [2.24, 2.45) is 10.9 Å². The summed E-state index contributed by atoms with van der Waals surface area (Å²) in [6, 6.07) is 4.08. The van der Waals surface area contributed by atoms with E-state index in [0.29, 0.717) is 12.5 Å². The second-order valence-corrected chi connectivity index (χ2v) is 7.69. The molecule has 1 aliphatic heterocycles. The average Bonchev–Trinajstić information content (AvgIpc) is 3.26. The Morgan fingerprint density at radius 3 is 2.88 bits per heavy atom. The number of aryl methyl sites for hydroxylation is 1. The number of hydrogen-bond acceptors (Lipinski definition) is 4. The summed E-state index contributed by atoms with van der Waals surface area (Å²) in [7, 11) is 1.74. The van der Waals surface area contributed by atoms with Gasteiger partial charge in [0.15, 0.2) is 17.6 Å². The number of nitrogens with zero attached hydrogens (tertiary/aromatic N) is 3. The number of guanidine groups is 1. The molecule has 1 atom stereocenters. The fourth-order valence-electron chi connectivity index (χ4n) is 3.02. The van der Waals surface area contributed by atoms with Gasteiger partial charge < -0.3 is 15.5 Å². The Kier molecular flexibility index (Phi) is 6.03. The number of halogens is 2. The van der Waals surface area contributed by atoms with Crippen LogP contribution in [-0.4, -0.2) is 37.6 Å². The Morgan fingerprint density at radius 1 is 1.35 bits per heavy atom. The zero-order valence-corrected chi connectivity index (χ0v) is 15.7. The zero-order valence-electron chi connectivity index (χ0n) is 14.9. The van der Waals surface area contributed by atoms with E-state index in [1.54, 1.807) is 24.5 Å². The molecular weight excluding hydrogens is 356 g/mol. The Hall–Kier alpha value is -2.22. The molecule has 0 bridgehead atoms. The van der Waals surface area contributed by atoms with E-state index in [1.165, 1.54) is 17.0 Å². The van der Waals surface area contributed by atoms with Gasteiger partial charge in [0.1, 0.15) is 5.01 Å². The van der Waals surface area contributed by atoms with Gasteiger partial charge in [-0.2, -0.15) is 0 Å². The molecule has 1 aromatic heterocycles. The minimum Gasteiger partial charge on any atom is -0.371 e. The van der Waals surface area contributed by atoms with Crippen LogP contribution in [-0.2, 0) is 6.54 Å². The minimum absolute atomic E-state index is 0.420. The molecule has 2 aromatic rings. The summed E-state index contributed by atoms with van der Waals surface area (Å²) in [5.74, 6) is -0.449. The molecule has 1 saturated heterocycles. The van der Waals surface area contributed by atoms with E-state index in [9.17, 15) is 8.78 Å². The van der Waals surface area contributed by atoms with Gasteiger partial charge in [0, 0.05) is 49.5 Å². The number of aromatic nitrogens is 1. The van der Waals surface area contributed by atoms with Crippen molar-refractivity contribution in [2.75, 3.05) is 31.6 Å². The molecule has 0 saturated carbocycles. The van der Waals surface area contributed by atoms with Gasteiger partial charge in [-0.1, -0.05) is 0 Å². The number of anilines is 1. The monoisotopic (exact) mass is 379 g/mol. The number of rotatable bonds is 5. The van der Waals surface area contributed by atoms with Crippen molar-refractivity contribution >= 4 is 23.0 Å². The van der Waals surface area contributed by atoms with Crippen LogP contribution in [0.15, 0.2) is 29.4 Å². The van der Waals surface area contributed by atoms with Gasteiger partial charge in [0.25, 0.3) is 0 Å². The Labute approximate surface area is 156 Å². The first-order valence-electron chi connectivity index (χ1n) is 8.61. The smallest absolute Gasteiger partial charge is 0.191 e. The minimum atomic E-state index is -0.809. The lowest BCUT2D eigenvalue weighted by Gasteiger charge is -2.19. The molecule has 0 aliphatic carbocycles. The fourth-order valence-corrected chi connectivity index (χ4v) is 3.75. The topological polar surface area (TPSA) is 52.6 Å². The van der Waals surface area contributed by atoms with Crippen molar-refractivity contribution in [1.82, 2.24) is 15.6 Å². The van der Waals surface area contributed by atoms with Crippen LogP contribution in [0.3, 0.4) is 0 Å². The standard InChI is InChI=1S/C18H23F2N5S/c1-12-8-22-17(26-12)10-24-18(21-2)23-9-13-5-6-25(11-13)14-3-4-15(19)16(20)7-14/h3-4,7-8,13H,5-6,9-11H2,1-2H3,(H2,21,23,24). The molecule has 3 rings (SSSR count). The predicted molar refractivity (Wildman–Crippen MR) is 102 cm³/mol. The van der Waals surface area contributed by atoms with E-state index >= 15 is 0 Å². The molecule has 1 aliphatic rings. The van der Waals surface area contributed by atoms with Gasteiger partial charge in [-0.3, -0.25) is 4.99 Å². The highest BCUT2D eigenvalue weighted by molar-refractivity contribution is 7.11. The van der Waals surface area contributed by atoms with E-state index < -0.39 is 11.6 Å². The molecule has 2 heterocycles. The normalized spacial score (nSPS) is 17.6. The van der Waals surface area contributed by atoms with Crippen LogP contribution in [0.1, 0.15) is 16.3 Å².